The highest BCUT2D eigenvalue weighted by molar-refractivity contribution is 5.86. The summed E-state index contributed by atoms with van der Waals surface area (Å²) in [6.07, 6.45) is 5.85. The molecule has 0 saturated carbocycles. The van der Waals surface area contributed by atoms with Crippen molar-refractivity contribution in [3.8, 4) is 0 Å². The maximum Gasteiger partial charge on any atom is 0.136 e. The van der Waals surface area contributed by atoms with Crippen LogP contribution in [0.3, 0.4) is 0 Å². The molecule has 1 saturated heterocycles. The van der Waals surface area contributed by atoms with Gasteiger partial charge in [0.15, 0.2) is 0 Å². The van der Waals surface area contributed by atoms with E-state index in [0.29, 0.717) is 12.5 Å². The van der Waals surface area contributed by atoms with Gasteiger partial charge >= 0.3 is 0 Å². The van der Waals surface area contributed by atoms with E-state index in [1.165, 1.54) is 0 Å². The van der Waals surface area contributed by atoms with Crippen LogP contribution in [0.4, 0.5) is 0 Å². The van der Waals surface area contributed by atoms with Crippen LogP contribution in [-0.2, 0) is 9.53 Å². The average molecular weight is 155 g/mol. The van der Waals surface area contributed by atoms with Gasteiger partial charge in [-0.15, -0.1) is 0 Å². The van der Waals surface area contributed by atoms with Gasteiger partial charge in [0.1, 0.15) is 5.78 Å². The fourth-order valence-corrected chi connectivity index (χ4v) is 1.32. The van der Waals surface area contributed by atoms with Gasteiger partial charge in [0, 0.05) is 19.4 Å². The van der Waals surface area contributed by atoms with Crippen molar-refractivity contribution in [2.24, 2.45) is 0 Å². The smallest absolute Gasteiger partial charge is 0.136 e. The van der Waals surface area contributed by atoms with Crippen LogP contribution in [0.1, 0.15) is 32.6 Å². The molecule has 1 unspecified atom stereocenters. The molecule has 1 fully saturated rings. The molecule has 2 nitrogen and oxygen atoms in total. The highest BCUT2D eigenvalue weighted by atomic mass is 16.5. The zero-order chi connectivity index (χ0) is 8.10. The van der Waals surface area contributed by atoms with Gasteiger partial charge in [-0.3, -0.25) is 4.79 Å². The maximum absolute atomic E-state index is 10.9. The molecule has 1 heterocycles. The van der Waals surface area contributed by atoms with Crippen LogP contribution in [0.15, 0.2) is 0 Å². The summed E-state index contributed by atoms with van der Waals surface area (Å²) in [7, 11) is 0. The van der Waals surface area contributed by atoms with Crippen molar-refractivity contribution in [1.82, 2.24) is 0 Å². The molecule has 63 valence electrons. The van der Waals surface area contributed by atoms with Gasteiger partial charge in [0.25, 0.3) is 0 Å². The van der Waals surface area contributed by atoms with Crippen molar-refractivity contribution in [1.29, 1.82) is 0 Å². The van der Waals surface area contributed by atoms with Crippen LogP contribution in [0, 0.1) is 6.42 Å². The zero-order valence-electron chi connectivity index (χ0n) is 7.01. The predicted octanol–water partition coefficient (Wildman–Crippen LogP) is 1.74. The molecule has 0 aromatic rings. The van der Waals surface area contributed by atoms with Crippen molar-refractivity contribution in [3.63, 3.8) is 0 Å². The van der Waals surface area contributed by atoms with Crippen molar-refractivity contribution in [2.75, 3.05) is 6.61 Å². The summed E-state index contributed by atoms with van der Waals surface area (Å²) in [4.78, 5) is 10.9. The average Bonchev–Trinajstić information content (AvgIpc) is 2.52. The SMILES string of the molecule is C[CH]C(=O)CCC1CCCO1. The molecule has 0 aromatic carbocycles. The summed E-state index contributed by atoms with van der Waals surface area (Å²) in [6.45, 7) is 2.67. The van der Waals surface area contributed by atoms with E-state index in [9.17, 15) is 4.79 Å². The Labute approximate surface area is 67.9 Å². The van der Waals surface area contributed by atoms with Crippen molar-refractivity contribution in [2.45, 2.75) is 38.7 Å². The van der Waals surface area contributed by atoms with Gasteiger partial charge in [-0.2, -0.15) is 0 Å². The summed E-state index contributed by atoms with van der Waals surface area (Å²) in [6, 6.07) is 0. The molecule has 1 atom stereocenters. The number of ether oxygens (including phenoxy) is 1. The number of carbonyl (C=O) groups is 1. The number of ketones is 1. The van der Waals surface area contributed by atoms with Crippen LogP contribution in [0.5, 0.6) is 0 Å². The Morgan fingerprint density at radius 3 is 3.09 bits per heavy atom. The lowest BCUT2D eigenvalue weighted by molar-refractivity contribution is -0.116. The molecule has 0 bridgehead atoms. The molecule has 1 rings (SSSR count). The minimum Gasteiger partial charge on any atom is -0.378 e. The number of Topliss-reactive ketones (excluding diaryl/α,β-unsaturated/α-hetero) is 1. The van der Waals surface area contributed by atoms with Gasteiger partial charge in [0.05, 0.1) is 6.10 Å². The van der Waals surface area contributed by atoms with E-state index in [4.69, 9.17) is 4.74 Å². The molecule has 0 aliphatic carbocycles. The Balaban J connectivity index is 2.06. The Morgan fingerprint density at radius 1 is 1.73 bits per heavy atom. The third kappa shape index (κ3) is 3.02. The second-order valence-corrected chi connectivity index (χ2v) is 2.93. The van der Waals surface area contributed by atoms with E-state index in [-0.39, 0.29) is 5.78 Å². The van der Waals surface area contributed by atoms with Gasteiger partial charge < -0.3 is 4.74 Å². The van der Waals surface area contributed by atoms with Crippen LogP contribution < -0.4 is 0 Å². The Kier molecular flexibility index (Phi) is 3.57. The Bertz CT molecular complexity index is 126. The zero-order valence-corrected chi connectivity index (χ0v) is 7.01. The van der Waals surface area contributed by atoms with E-state index >= 15 is 0 Å². The maximum atomic E-state index is 10.9. The summed E-state index contributed by atoms with van der Waals surface area (Å²) in [5.41, 5.74) is 0. The molecule has 0 amide bonds. The van der Waals surface area contributed by atoms with Crippen LogP contribution in [-0.4, -0.2) is 18.5 Å². The van der Waals surface area contributed by atoms with Crippen molar-refractivity contribution < 1.29 is 9.53 Å². The highest BCUT2D eigenvalue weighted by Gasteiger charge is 2.15. The molecule has 1 aliphatic rings. The van der Waals surface area contributed by atoms with Crippen LogP contribution >= 0.6 is 0 Å². The summed E-state index contributed by atoms with van der Waals surface area (Å²) < 4.78 is 5.38. The Hall–Kier alpha value is -0.370. The topological polar surface area (TPSA) is 26.3 Å². The van der Waals surface area contributed by atoms with Crippen LogP contribution in [0.25, 0.3) is 0 Å². The standard InChI is InChI=1S/C9H15O2/c1-2-8(10)5-6-9-4-3-7-11-9/h2,9H,3-7H2,1H3. The molecule has 1 aliphatic heterocycles. The van der Waals surface area contributed by atoms with Gasteiger partial charge in [-0.05, 0) is 19.3 Å². The first-order chi connectivity index (χ1) is 5.33. The first-order valence-corrected chi connectivity index (χ1v) is 4.26. The van der Waals surface area contributed by atoms with Crippen molar-refractivity contribution >= 4 is 5.78 Å². The molecule has 1 radical (unpaired) electrons. The van der Waals surface area contributed by atoms with E-state index in [1.54, 1.807) is 13.3 Å². The van der Waals surface area contributed by atoms with Crippen LogP contribution in [0.2, 0.25) is 0 Å². The molecule has 2 heteroatoms. The third-order valence-corrected chi connectivity index (χ3v) is 2.06. The minimum atomic E-state index is 0.237. The van der Waals surface area contributed by atoms with E-state index in [0.717, 1.165) is 25.9 Å². The lowest BCUT2D eigenvalue weighted by atomic mass is 10.1. The second-order valence-electron chi connectivity index (χ2n) is 2.93. The molecule has 0 spiro atoms. The second kappa shape index (κ2) is 4.50. The minimum absolute atomic E-state index is 0.237. The third-order valence-electron chi connectivity index (χ3n) is 2.06. The van der Waals surface area contributed by atoms with Gasteiger partial charge in [0.2, 0.25) is 0 Å². The van der Waals surface area contributed by atoms with E-state index < -0.39 is 0 Å². The molecule has 0 N–H and O–H groups in total. The monoisotopic (exact) mass is 155 g/mol. The van der Waals surface area contributed by atoms with Crippen molar-refractivity contribution in [3.05, 3.63) is 6.42 Å². The summed E-state index contributed by atoms with van der Waals surface area (Å²) in [5, 5.41) is 0. The Morgan fingerprint density at radius 2 is 2.55 bits per heavy atom. The number of hydrogen-bond donors (Lipinski definition) is 0. The number of rotatable bonds is 4. The summed E-state index contributed by atoms with van der Waals surface area (Å²) in [5.74, 6) is 0.237. The molecule has 0 aromatic heterocycles. The van der Waals surface area contributed by atoms with Gasteiger partial charge in [-0.1, -0.05) is 6.92 Å². The predicted molar refractivity (Wildman–Crippen MR) is 43.2 cm³/mol. The fourth-order valence-electron chi connectivity index (χ4n) is 1.32. The van der Waals surface area contributed by atoms with E-state index in [1.807, 2.05) is 0 Å². The molecular weight excluding hydrogens is 140 g/mol. The molecular formula is C9H15O2. The lowest BCUT2D eigenvalue weighted by Crippen LogP contribution is -2.07. The van der Waals surface area contributed by atoms with Gasteiger partial charge in [-0.25, -0.2) is 0 Å². The first kappa shape index (κ1) is 8.72. The molecule has 11 heavy (non-hydrogen) atoms. The summed E-state index contributed by atoms with van der Waals surface area (Å²) >= 11 is 0. The highest BCUT2D eigenvalue weighted by Crippen LogP contribution is 2.16. The first-order valence-electron chi connectivity index (χ1n) is 4.26. The quantitative estimate of drug-likeness (QED) is 0.618. The van der Waals surface area contributed by atoms with E-state index in [2.05, 4.69) is 0 Å². The number of hydrogen-bond acceptors (Lipinski definition) is 2. The number of carbonyl (C=O) groups excluding carboxylic acids is 1. The normalized spacial score (nSPS) is 23.9. The fraction of sp³-hybridized carbons (Fsp3) is 0.778. The largest absolute Gasteiger partial charge is 0.378 e. The lowest BCUT2D eigenvalue weighted by Gasteiger charge is -2.06.